The Balaban J connectivity index is 1.51. The second-order valence-corrected chi connectivity index (χ2v) is 7.90. The van der Waals surface area contributed by atoms with Gasteiger partial charge >= 0.3 is 0 Å². The summed E-state index contributed by atoms with van der Waals surface area (Å²) in [4.78, 5) is 9.27. The molecule has 0 unspecified atom stereocenters. The molecule has 5 rings (SSSR count). The molecule has 4 heterocycles. The summed E-state index contributed by atoms with van der Waals surface area (Å²) >= 11 is 0. The molecule has 29 heavy (non-hydrogen) atoms. The molecular weight excluding hydrogens is 374 g/mol. The molecule has 2 aromatic heterocycles. The van der Waals surface area contributed by atoms with E-state index in [0.717, 1.165) is 62.2 Å². The lowest BCUT2D eigenvalue weighted by atomic mass is 10.0. The molecule has 0 saturated carbocycles. The zero-order valence-corrected chi connectivity index (χ0v) is 16.4. The average molecular weight is 398 g/mol. The van der Waals surface area contributed by atoms with Crippen LogP contribution in [0.4, 0.5) is 20.3 Å². The van der Waals surface area contributed by atoms with Gasteiger partial charge in [0.05, 0.1) is 12.2 Å². The molecule has 2 aliphatic rings. The number of nitrogens with one attached hydrogen (secondary N) is 1. The van der Waals surface area contributed by atoms with Crippen LogP contribution in [0.5, 0.6) is 0 Å². The Kier molecular flexibility index (Phi) is 4.58. The number of piperazine rings is 1. The standard InChI is InChI=1S/C21H24F2N6/c1-14-13-27(10-7-24-14)19-12-25-29-9-6-20(26-21(19)29)28-8-2-3-18(28)16-11-15(22)4-5-17(16)23/h4-6,9,11-12,14,18,24H,2-3,7-8,10,13H2,1H3/t14-,18+/m0/s1. The Morgan fingerprint density at radius 3 is 2.93 bits per heavy atom. The molecule has 0 aliphatic carbocycles. The highest BCUT2D eigenvalue weighted by molar-refractivity contribution is 5.70. The number of anilines is 2. The first-order chi connectivity index (χ1) is 14.1. The van der Waals surface area contributed by atoms with Crippen LogP contribution in [0.25, 0.3) is 5.65 Å². The van der Waals surface area contributed by atoms with Crippen molar-refractivity contribution in [3.05, 3.63) is 53.9 Å². The van der Waals surface area contributed by atoms with E-state index in [2.05, 4.69) is 27.1 Å². The Hall–Kier alpha value is -2.74. The van der Waals surface area contributed by atoms with Gasteiger partial charge in [0.25, 0.3) is 0 Å². The third-order valence-corrected chi connectivity index (χ3v) is 5.91. The predicted octanol–water partition coefficient (Wildman–Crippen LogP) is 3.15. The van der Waals surface area contributed by atoms with E-state index >= 15 is 0 Å². The molecule has 2 fully saturated rings. The molecule has 0 bridgehead atoms. The first-order valence-corrected chi connectivity index (χ1v) is 10.1. The summed E-state index contributed by atoms with van der Waals surface area (Å²) in [5.74, 6) is -0.0135. The highest BCUT2D eigenvalue weighted by Crippen LogP contribution is 2.37. The van der Waals surface area contributed by atoms with Crippen LogP contribution >= 0.6 is 0 Å². The van der Waals surface area contributed by atoms with E-state index < -0.39 is 5.82 Å². The van der Waals surface area contributed by atoms with Gasteiger partial charge in [0.15, 0.2) is 5.65 Å². The van der Waals surface area contributed by atoms with Gasteiger partial charge in [-0.25, -0.2) is 18.3 Å². The van der Waals surface area contributed by atoms with E-state index in [1.165, 1.54) is 12.1 Å². The highest BCUT2D eigenvalue weighted by Gasteiger charge is 2.30. The topological polar surface area (TPSA) is 48.7 Å². The van der Waals surface area contributed by atoms with E-state index in [-0.39, 0.29) is 11.9 Å². The van der Waals surface area contributed by atoms with E-state index in [1.807, 2.05) is 18.5 Å². The van der Waals surface area contributed by atoms with Crippen molar-refractivity contribution >= 4 is 17.2 Å². The maximum atomic E-state index is 14.4. The number of rotatable bonds is 3. The summed E-state index contributed by atoms with van der Waals surface area (Å²) in [5.41, 5.74) is 2.20. The number of aromatic nitrogens is 3. The molecular formula is C21H24F2N6. The lowest BCUT2D eigenvalue weighted by Gasteiger charge is -2.32. The van der Waals surface area contributed by atoms with Crippen LogP contribution in [0.15, 0.2) is 36.7 Å². The largest absolute Gasteiger partial charge is 0.364 e. The molecule has 0 spiro atoms. The van der Waals surface area contributed by atoms with Crippen LogP contribution in [0, 0.1) is 11.6 Å². The van der Waals surface area contributed by atoms with E-state index in [1.54, 1.807) is 4.52 Å². The van der Waals surface area contributed by atoms with E-state index in [4.69, 9.17) is 4.98 Å². The highest BCUT2D eigenvalue weighted by atomic mass is 19.1. The minimum atomic E-state index is -0.414. The minimum absolute atomic E-state index is 0.216. The second kappa shape index (κ2) is 7.26. The van der Waals surface area contributed by atoms with Crippen molar-refractivity contribution in [3.63, 3.8) is 0 Å². The first kappa shape index (κ1) is 18.3. The van der Waals surface area contributed by atoms with Crippen molar-refractivity contribution < 1.29 is 8.78 Å². The summed E-state index contributed by atoms with van der Waals surface area (Å²) in [6.07, 6.45) is 5.44. The maximum Gasteiger partial charge on any atom is 0.180 e. The van der Waals surface area contributed by atoms with Crippen LogP contribution in [-0.2, 0) is 0 Å². The SMILES string of the molecule is C[C@H]1CN(c2cnn3ccc(N4CCC[C@@H]4c4cc(F)ccc4F)nc23)CCN1. The number of nitrogens with zero attached hydrogens (tertiary/aromatic N) is 5. The van der Waals surface area contributed by atoms with Gasteiger partial charge in [-0.1, -0.05) is 0 Å². The first-order valence-electron chi connectivity index (χ1n) is 10.1. The maximum absolute atomic E-state index is 14.4. The average Bonchev–Trinajstić information content (AvgIpc) is 3.36. The fraction of sp³-hybridized carbons (Fsp3) is 0.429. The molecule has 0 amide bonds. The van der Waals surface area contributed by atoms with Crippen LogP contribution in [0.3, 0.4) is 0 Å². The summed E-state index contributed by atoms with van der Waals surface area (Å²) in [5, 5.41) is 7.90. The molecule has 0 radical (unpaired) electrons. The van der Waals surface area contributed by atoms with Crippen molar-refractivity contribution in [2.24, 2.45) is 0 Å². The third-order valence-electron chi connectivity index (χ3n) is 5.91. The van der Waals surface area contributed by atoms with E-state index in [9.17, 15) is 8.78 Å². The van der Waals surface area contributed by atoms with Gasteiger partial charge in [0.2, 0.25) is 0 Å². The van der Waals surface area contributed by atoms with Gasteiger partial charge in [0.1, 0.15) is 23.1 Å². The molecule has 2 aliphatic heterocycles. The molecule has 8 heteroatoms. The number of benzene rings is 1. The normalized spacial score (nSPS) is 22.6. The summed E-state index contributed by atoms with van der Waals surface area (Å²) < 4.78 is 30.0. The summed E-state index contributed by atoms with van der Waals surface area (Å²) in [6, 6.07) is 5.77. The summed E-state index contributed by atoms with van der Waals surface area (Å²) in [7, 11) is 0. The monoisotopic (exact) mass is 398 g/mol. The number of fused-ring (bicyclic) bond motifs is 1. The van der Waals surface area contributed by atoms with E-state index in [0.29, 0.717) is 11.6 Å². The van der Waals surface area contributed by atoms with Gasteiger partial charge in [-0.2, -0.15) is 5.10 Å². The lowest BCUT2D eigenvalue weighted by Crippen LogP contribution is -2.49. The van der Waals surface area contributed by atoms with Crippen molar-refractivity contribution in [2.75, 3.05) is 36.0 Å². The fourth-order valence-electron chi connectivity index (χ4n) is 4.52. The smallest absolute Gasteiger partial charge is 0.180 e. The van der Waals surface area contributed by atoms with Gasteiger partial charge in [0, 0.05) is 44.0 Å². The van der Waals surface area contributed by atoms with Gasteiger partial charge in [-0.3, -0.25) is 0 Å². The Morgan fingerprint density at radius 1 is 1.17 bits per heavy atom. The molecule has 1 aromatic carbocycles. The van der Waals surface area contributed by atoms with Crippen LogP contribution in [-0.4, -0.2) is 46.8 Å². The molecule has 152 valence electrons. The molecule has 6 nitrogen and oxygen atoms in total. The van der Waals surface area contributed by atoms with Gasteiger partial charge < -0.3 is 15.1 Å². The second-order valence-electron chi connectivity index (χ2n) is 7.90. The van der Waals surface area contributed by atoms with Crippen LogP contribution < -0.4 is 15.1 Å². The van der Waals surface area contributed by atoms with Crippen LogP contribution in [0.2, 0.25) is 0 Å². The number of halogens is 2. The molecule has 1 N–H and O–H groups in total. The lowest BCUT2D eigenvalue weighted by molar-refractivity contribution is 0.485. The number of hydrogen-bond donors (Lipinski definition) is 1. The summed E-state index contributed by atoms with van der Waals surface area (Å²) in [6.45, 7) is 5.65. The molecule has 3 aromatic rings. The van der Waals surface area contributed by atoms with Gasteiger partial charge in [-0.05, 0) is 44.0 Å². The zero-order valence-electron chi connectivity index (χ0n) is 16.4. The molecule has 2 atom stereocenters. The van der Waals surface area contributed by atoms with Crippen molar-refractivity contribution in [2.45, 2.75) is 31.8 Å². The van der Waals surface area contributed by atoms with Gasteiger partial charge in [-0.15, -0.1) is 0 Å². The zero-order chi connectivity index (χ0) is 20.0. The Morgan fingerprint density at radius 2 is 2.07 bits per heavy atom. The minimum Gasteiger partial charge on any atom is -0.364 e. The quantitative estimate of drug-likeness (QED) is 0.735. The Bertz CT molecular complexity index is 1040. The number of hydrogen-bond acceptors (Lipinski definition) is 5. The van der Waals surface area contributed by atoms with Crippen molar-refractivity contribution in [3.8, 4) is 0 Å². The third kappa shape index (κ3) is 3.31. The Labute approximate surface area is 168 Å². The fourth-order valence-corrected chi connectivity index (χ4v) is 4.52. The molecule has 2 saturated heterocycles. The van der Waals surface area contributed by atoms with Crippen molar-refractivity contribution in [1.29, 1.82) is 0 Å². The predicted molar refractivity (Wildman–Crippen MR) is 108 cm³/mol. The van der Waals surface area contributed by atoms with Crippen LogP contribution in [0.1, 0.15) is 31.4 Å². The van der Waals surface area contributed by atoms with Crippen molar-refractivity contribution in [1.82, 2.24) is 19.9 Å².